The average molecular weight is 321 g/mol. The third kappa shape index (κ3) is 3.97. The number of rotatable bonds is 7. The second kappa shape index (κ2) is 6.65. The van der Waals surface area contributed by atoms with Gasteiger partial charge in [-0.3, -0.25) is 4.79 Å². The molecule has 4 nitrogen and oxygen atoms in total. The highest BCUT2D eigenvalue weighted by molar-refractivity contribution is 7.90. The lowest BCUT2D eigenvalue weighted by Crippen LogP contribution is -2.38. The van der Waals surface area contributed by atoms with Crippen molar-refractivity contribution < 1.29 is 13.2 Å². The maximum absolute atomic E-state index is 12.2. The Labute approximate surface area is 132 Å². The van der Waals surface area contributed by atoms with Crippen LogP contribution in [0.25, 0.3) is 0 Å². The van der Waals surface area contributed by atoms with E-state index in [9.17, 15) is 13.2 Å². The molecule has 22 heavy (non-hydrogen) atoms. The van der Waals surface area contributed by atoms with Crippen LogP contribution in [-0.4, -0.2) is 14.3 Å². The SMILES string of the molecule is C=CCCC1(CC(=O)NS(=O)(=O)c2ccc(C)cc2)CCC1. The molecule has 1 aliphatic carbocycles. The summed E-state index contributed by atoms with van der Waals surface area (Å²) in [5.41, 5.74) is 0.935. The van der Waals surface area contributed by atoms with Crippen LogP contribution in [0.4, 0.5) is 0 Å². The van der Waals surface area contributed by atoms with Gasteiger partial charge in [0, 0.05) is 6.42 Å². The smallest absolute Gasteiger partial charge is 0.264 e. The molecular weight excluding hydrogens is 298 g/mol. The molecule has 0 unspecified atom stereocenters. The molecule has 1 aromatic carbocycles. The molecule has 0 atom stereocenters. The van der Waals surface area contributed by atoms with E-state index in [2.05, 4.69) is 11.3 Å². The summed E-state index contributed by atoms with van der Waals surface area (Å²) in [7, 11) is -3.77. The standard InChI is InChI=1S/C17H23NO3S/c1-3-4-10-17(11-5-12-17)13-16(19)18-22(20,21)15-8-6-14(2)7-9-15/h3,6-9H,1,4-5,10-13H2,2H3,(H,18,19). The lowest BCUT2D eigenvalue weighted by molar-refractivity contribution is -0.123. The van der Waals surface area contributed by atoms with E-state index < -0.39 is 15.9 Å². The Morgan fingerprint density at radius 2 is 1.95 bits per heavy atom. The first-order valence-corrected chi connectivity index (χ1v) is 9.08. The molecule has 0 aromatic heterocycles. The number of amides is 1. The lowest BCUT2D eigenvalue weighted by Gasteiger charge is -2.41. The largest absolute Gasteiger partial charge is 0.274 e. The zero-order valence-corrected chi connectivity index (χ0v) is 13.8. The Morgan fingerprint density at radius 3 is 2.45 bits per heavy atom. The predicted octanol–water partition coefficient (Wildman–Crippen LogP) is 3.33. The van der Waals surface area contributed by atoms with E-state index in [1.54, 1.807) is 12.1 Å². The number of allylic oxidation sites excluding steroid dienone is 1. The van der Waals surface area contributed by atoms with Gasteiger partial charge in [-0.05, 0) is 50.2 Å². The quantitative estimate of drug-likeness (QED) is 0.784. The summed E-state index contributed by atoms with van der Waals surface area (Å²) in [6.45, 7) is 5.59. The number of sulfonamides is 1. The summed E-state index contributed by atoms with van der Waals surface area (Å²) >= 11 is 0. The molecule has 1 saturated carbocycles. The van der Waals surface area contributed by atoms with E-state index in [-0.39, 0.29) is 16.7 Å². The molecule has 1 aliphatic rings. The molecule has 120 valence electrons. The van der Waals surface area contributed by atoms with E-state index in [1.165, 1.54) is 12.1 Å². The van der Waals surface area contributed by atoms with Gasteiger partial charge in [-0.2, -0.15) is 0 Å². The van der Waals surface area contributed by atoms with Crippen LogP contribution < -0.4 is 4.72 Å². The van der Waals surface area contributed by atoms with Crippen molar-refractivity contribution in [2.75, 3.05) is 0 Å². The Bertz CT molecular complexity index is 643. The second-order valence-electron chi connectivity index (χ2n) is 6.20. The number of benzene rings is 1. The first kappa shape index (κ1) is 16.7. The Hall–Kier alpha value is -1.62. The highest BCUT2D eigenvalue weighted by Gasteiger charge is 2.38. The summed E-state index contributed by atoms with van der Waals surface area (Å²) in [6, 6.07) is 6.47. The average Bonchev–Trinajstić information content (AvgIpc) is 2.41. The molecule has 1 aromatic rings. The third-order valence-electron chi connectivity index (χ3n) is 4.41. The fourth-order valence-electron chi connectivity index (χ4n) is 2.90. The van der Waals surface area contributed by atoms with Crippen molar-refractivity contribution in [2.24, 2.45) is 5.41 Å². The van der Waals surface area contributed by atoms with Gasteiger partial charge >= 0.3 is 0 Å². The van der Waals surface area contributed by atoms with Gasteiger partial charge in [0.1, 0.15) is 0 Å². The molecule has 0 heterocycles. The molecule has 1 fully saturated rings. The number of aryl methyl sites for hydroxylation is 1. The van der Waals surface area contributed by atoms with Gasteiger partial charge in [-0.25, -0.2) is 13.1 Å². The van der Waals surface area contributed by atoms with Crippen molar-refractivity contribution in [3.8, 4) is 0 Å². The normalized spacial score (nSPS) is 16.6. The van der Waals surface area contributed by atoms with Crippen LogP contribution in [-0.2, 0) is 14.8 Å². The van der Waals surface area contributed by atoms with E-state index in [0.29, 0.717) is 0 Å². The molecule has 0 saturated heterocycles. The lowest BCUT2D eigenvalue weighted by atomic mass is 9.64. The monoisotopic (exact) mass is 321 g/mol. The van der Waals surface area contributed by atoms with E-state index in [1.807, 2.05) is 13.0 Å². The van der Waals surface area contributed by atoms with Crippen molar-refractivity contribution in [3.05, 3.63) is 42.5 Å². The first-order chi connectivity index (χ1) is 10.4. The number of carbonyl (C=O) groups is 1. The number of hydrogen-bond donors (Lipinski definition) is 1. The summed E-state index contributed by atoms with van der Waals surface area (Å²) < 4.78 is 26.6. The van der Waals surface area contributed by atoms with Gasteiger partial charge in [-0.15, -0.1) is 6.58 Å². The predicted molar refractivity (Wildman–Crippen MR) is 86.8 cm³/mol. The van der Waals surface area contributed by atoms with Crippen LogP contribution in [0.3, 0.4) is 0 Å². The van der Waals surface area contributed by atoms with Crippen LogP contribution in [0.2, 0.25) is 0 Å². The van der Waals surface area contributed by atoms with E-state index in [0.717, 1.165) is 37.7 Å². The van der Waals surface area contributed by atoms with Gasteiger partial charge in [0.05, 0.1) is 4.90 Å². The third-order valence-corrected chi connectivity index (χ3v) is 5.80. The van der Waals surface area contributed by atoms with Gasteiger partial charge in [0.15, 0.2) is 0 Å². The summed E-state index contributed by atoms with van der Waals surface area (Å²) in [6.07, 6.45) is 6.95. The minimum atomic E-state index is -3.77. The number of hydrogen-bond acceptors (Lipinski definition) is 3. The van der Waals surface area contributed by atoms with Crippen LogP contribution in [0.5, 0.6) is 0 Å². The molecule has 0 radical (unpaired) electrons. The van der Waals surface area contributed by atoms with Crippen molar-refractivity contribution in [1.82, 2.24) is 4.72 Å². The van der Waals surface area contributed by atoms with E-state index >= 15 is 0 Å². The topological polar surface area (TPSA) is 63.2 Å². The van der Waals surface area contributed by atoms with Gasteiger partial charge in [0.25, 0.3) is 10.0 Å². The molecule has 0 aliphatic heterocycles. The van der Waals surface area contributed by atoms with Gasteiger partial charge in [-0.1, -0.05) is 30.2 Å². The zero-order chi connectivity index (χ0) is 16.2. The number of carbonyl (C=O) groups excluding carboxylic acids is 1. The maximum atomic E-state index is 12.2. The summed E-state index contributed by atoms with van der Waals surface area (Å²) in [4.78, 5) is 12.3. The van der Waals surface area contributed by atoms with Crippen molar-refractivity contribution in [3.63, 3.8) is 0 Å². The van der Waals surface area contributed by atoms with Crippen LogP contribution in [0.15, 0.2) is 41.8 Å². The Morgan fingerprint density at radius 1 is 1.32 bits per heavy atom. The maximum Gasteiger partial charge on any atom is 0.264 e. The minimum absolute atomic E-state index is 0.0406. The van der Waals surface area contributed by atoms with Crippen LogP contribution in [0.1, 0.15) is 44.1 Å². The van der Waals surface area contributed by atoms with Gasteiger partial charge < -0.3 is 0 Å². The van der Waals surface area contributed by atoms with Gasteiger partial charge in [0.2, 0.25) is 5.91 Å². The van der Waals surface area contributed by atoms with Crippen molar-refractivity contribution in [1.29, 1.82) is 0 Å². The minimum Gasteiger partial charge on any atom is -0.274 e. The zero-order valence-electron chi connectivity index (χ0n) is 13.0. The first-order valence-electron chi connectivity index (χ1n) is 7.60. The molecule has 0 bridgehead atoms. The second-order valence-corrected chi connectivity index (χ2v) is 7.88. The van der Waals surface area contributed by atoms with Crippen LogP contribution >= 0.6 is 0 Å². The molecule has 1 amide bonds. The van der Waals surface area contributed by atoms with E-state index in [4.69, 9.17) is 0 Å². The molecule has 2 rings (SSSR count). The summed E-state index contributed by atoms with van der Waals surface area (Å²) in [5, 5.41) is 0. The molecule has 5 heteroatoms. The molecule has 0 spiro atoms. The van der Waals surface area contributed by atoms with Crippen LogP contribution in [0, 0.1) is 12.3 Å². The number of nitrogens with one attached hydrogen (secondary N) is 1. The van der Waals surface area contributed by atoms with Crippen molar-refractivity contribution in [2.45, 2.75) is 50.3 Å². The molecular formula is C17H23NO3S. The fraction of sp³-hybridized carbons (Fsp3) is 0.471. The Kier molecular flexibility index (Phi) is 5.06. The molecule has 1 N–H and O–H groups in total. The highest BCUT2D eigenvalue weighted by Crippen LogP contribution is 2.47. The Balaban J connectivity index is 2.01. The highest BCUT2D eigenvalue weighted by atomic mass is 32.2. The van der Waals surface area contributed by atoms with Crippen molar-refractivity contribution >= 4 is 15.9 Å². The fourth-order valence-corrected chi connectivity index (χ4v) is 3.89. The summed E-state index contributed by atoms with van der Waals surface area (Å²) in [5.74, 6) is -0.413.